The second-order valence-electron chi connectivity index (χ2n) is 9.26. The zero-order chi connectivity index (χ0) is 29.9. The zero-order valence-electron chi connectivity index (χ0n) is 21.8. The Morgan fingerprint density at radius 3 is 2.51 bits per heavy atom. The maximum atomic E-state index is 14.4. The lowest BCUT2D eigenvalue weighted by Crippen LogP contribution is -2.25. The van der Waals surface area contributed by atoms with Crippen molar-refractivity contribution in [3.63, 3.8) is 0 Å². The molecule has 0 bridgehead atoms. The molecular weight excluding hydrogens is 566 g/mol. The minimum atomic E-state index is -4.78. The molecule has 3 N–H and O–H groups in total. The number of fused-ring (bicyclic) bond motifs is 1. The van der Waals surface area contributed by atoms with Gasteiger partial charge in [0.25, 0.3) is 15.9 Å². The predicted octanol–water partition coefficient (Wildman–Crippen LogP) is 5.18. The van der Waals surface area contributed by atoms with E-state index in [2.05, 4.69) is 15.3 Å². The molecular formula is C27H25F4N5O4S. The van der Waals surface area contributed by atoms with Gasteiger partial charge in [0.15, 0.2) is 0 Å². The van der Waals surface area contributed by atoms with Crippen LogP contribution in [0.25, 0.3) is 11.0 Å². The van der Waals surface area contributed by atoms with Crippen molar-refractivity contribution in [2.45, 2.75) is 30.8 Å². The SMILES string of the molecule is CC(=O)N(C)CCCc1ccc2nc(NC(=O)c3ccc(F)c(NS(=O)(=O)c4cccc(C(F)(F)F)c4)c3)[nH]c2c1. The van der Waals surface area contributed by atoms with E-state index in [4.69, 9.17) is 0 Å². The highest BCUT2D eigenvalue weighted by Crippen LogP contribution is 2.31. The number of sulfonamides is 1. The van der Waals surface area contributed by atoms with Gasteiger partial charge in [-0.05, 0) is 66.9 Å². The van der Waals surface area contributed by atoms with Crippen molar-refractivity contribution in [1.82, 2.24) is 14.9 Å². The van der Waals surface area contributed by atoms with Crippen LogP contribution in [0.5, 0.6) is 0 Å². The second-order valence-corrected chi connectivity index (χ2v) is 10.9. The summed E-state index contributed by atoms with van der Waals surface area (Å²) in [6.45, 7) is 2.10. The lowest BCUT2D eigenvalue weighted by atomic mass is 10.1. The molecule has 0 radical (unpaired) electrons. The predicted molar refractivity (Wildman–Crippen MR) is 144 cm³/mol. The van der Waals surface area contributed by atoms with Crippen LogP contribution in [0.15, 0.2) is 65.6 Å². The van der Waals surface area contributed by atoms with Crippen LogP contribution in [0.2, 0.25) is 0 Å². The molecule has 4 aromatic rings. The number of anilines is 2. The lowest BCUT2D eigenvalue weighted by molar-refractivity contribution is -0.137. The van der Waals surface area contributed by atoms with Crippen LogP contribution in [0, 0.1) is 5.82 Å². The molecule has 0 aliphatic carbocycles. The minimum absolute atomic E-state index is 0.0178. The van der Waals surface area contributed by atoms with Crippen molar-refractivity contribution < 1.29 is 35.6 Å². The molecule has 0 unspecified atom stereocenters. The van der Waals surface area contributed by atoms with Crippen molar-refractivity contribution in [3.05, 3.63) is 83.2 Å². The Morgan fingerprint density at radius 2 is 1.80 bits per heavy atom. The Bertz CT molecular complexity index is 1720. The largest absolute Gasteiger partial charge is 0.416 e. The number of amides is 2. The first-order valence-electron chi connectivity index (χ1n) is 12.2. The summed E-state index contributed by atoms with van der Waals surface area (Å²) in [6.07, 6.45) is -3.31. The number of aromatic amines is 1. The van der Waals surface area contributed by atoms with E-state index >= 15 is 0 Å². The third-order valence-electron chi connectivity index (χ3n) is 6.22. The fourth-order valence-corrected chi connectivity index (χ4v) is 5.02. The normalized spacial score (nSPS) is 11.9. The third kappa shape index (κ3) is 7.20. The Kier molecular flexibility index (Phi) is 8.33. The third-order valence-corrected chi connectivity index (χ3v) is 7.58. The number of alkyl halides is 3. The summed E-state index contributed by atoms with van der Waals surface area (Å²) in [5, 5.41) is 2.53. The fraction of sp³-hybridized carbons (Fsp3) is 0.222. The summed E-state index contributed by atoms with van der Waals surface area (Å²) < 4.78 is 80.8. The molecule has 0 saturated heterocycles. The van der Waals surface area contributed by atoms with Gasteiger partial charge in [-0.2, -0.15) is 13.2 Å². The van der Waals surface area contributed by atoms with Gasteiger partial charge >= 0.3 is 6.18 Å². The molecule has 0 saturated carbocycles. The number of benzene rings is 3. The summed E-state index contributed by atoms with van der Waals surface area (Å²) >= 11 is 0. The number of carbonyl (C=O) groups excluding carboxylic acids is 2. The highest BCUT2D eigenvalue weighted by Gasteiger charge is 2.32. The molecule has 9 nitrogen and oxygen atoms in total. The fourth-order valence-electron chi connectivity index (χ4n) is 3.92. The van der Waals surface area contributed by atoms with Gasteiger partial charge in [0.1, 0.15) is 5.82 Å². The number of imidazole rings is 1. The van der Waals surface area contributed by atoms with E-state index in [0.717, 1.165) is 42.3 Å². The first-order valence-corrected chi connectivity index (χ1v) is 13.7. The van der Waals surface area contributed by atoms with Crippen LogP contribution in [0.4, 0.5) is 29.2 Å². The molecule has 0 aliphatic rings. The van der Waals surface area contributed by atoms with Gasteiger partial charge in [0.2, 0.25) is 11.9 Å². The molecule has 14 heteroatoms. The zero-order valence-corrected chi connectivity index (χ0v) is 22.7. The monoisotopic (exact) mass is 591 g/mol. The number of rotatable bonds is 9. The van der Waals surface area contributed by atoms with E-state index in [0.29, 0.717) is 36.1 Å². The van der Waals surface area contributed by atoms with Crippen molar-refractivity contribution in [3.8, 4) is 0 Å². The van der Waals surface area contributed by atoms with E-state index in [1.807, 2.05) is 16.9 Å². The molecule has 1 aromatic heterocycles. The number of aryl methyl sites for hydroxylation is 1. The number of H-pyrrole nitrogens is 1. The number of nitrogens with one attached hydrogen (secondary N) is 3. The van der Waals surface area contributed by atoms with E-state index in [9.17, 15) is 35.6 Å². The number of nitrogens with zero attached hydrogens (tertiary/aromatic N) is 2. The Hall–Kier alpha value is -4.46. The second kappa shape index (κ2) is 11.6. The highest BCUT2D eigenvalue weighted by atomic mass is 32.2. The average Bonchev–Trinajstić information content (AvgIpc) is 3.30. The Morgan fingerprint density at radius 1 is 1.05 bits per heavy atom. The molecule has 2 amide bonds. The van der Waals surface area contributed by atoms with Crippen molar-refractivity contribution in [2.24, 2.45) is 0 Å². The van der Waals surface area contributed by atoms with E-state index in [1.165, 1.54) is 6.92 Å². The Balaban J connectivity index is 1.47. The number of halogens is 4. The van der Waals surface area contributed by atoms with Gasteiger partial charge in [0.05, 0.1) is 27.2 Å². The van der Waals surface area contributed by atoms with Gasteiger partial charge < -0.3 is 9.88 Å². The van der Waals surface area contributed by atoms with Crippen LogP contribution in [0.3, 0.4) is 0 Å². The molecule has 41 heavy (non-hydrogen) atoms. The Labute approximate surface area is 232 Å². The molecule has 0 fully saturated rings. The summed E-state index contributed by atoms with van der Waals surface area (Å²) in [5.74, 6) is -1.70. The van der Waals surface area contributed by atoms with E-state index in [1.54, 1.807) is 18.0 Å². The highest BCUT2D eigenvalue weighted by molar-refractivity contribution is 7.92. The maximum Gasteiger partial charge on any atom is 0.416 e. The van der Waals surface area contributed by atoms with Gasteiger partial charge in [-0.1, -0.05) is 12.1 Å². The van der Waals surface area contributed by atoms with Gasteiger partial charge in [0, 0.05) is 26.1 Å². The van der Waals surface area contributed by atoms with Crippen molar-refractivity contribution >= 4 is 44.5 Å². The number of hydrogen-bond donors (Lipinski definition) is 3. The first-order chi connectivity index (χ1) is 19.2. The van der Waals surface area contributed by atoms with Crippen LogP contribution in [-0.4, -0.2) is 48.7 Å². The van der Waals surface area contributed by atoms with E-state index < -0.39 is 44.1 Å². The van der Waals surface area contributed by atoms with Crippen molar-refractivity contribution in [1.29, 1.82) is 0 Å². The number of carbonyl (C=O) groups is 2. The summed E-state index contributed by atoms with van der Waals surface area (Å²) in [4.78, 5) is 32.4. The summed E-state index contributed by atoms with van der Waals surface area (Å²) in [5.41, 5.74) is 0.258. The standard InChI is InChI=1S/C27H25F4N5O4S/c1-16(37)36(2)12-4-5-17-8-11-22-24(13-17)33-26(32-22)34-25(38)18-9-10-21(28)23(14-18)35-41(39,40)20-7-3-6-19(15-20)27(29,30)31/h3,6-11,13-15,35H,4-5,12H2,1-2H3,(H2,32,33,34,38). The molecule has 4 rings (SSSR count). The molecule has 1 heterocycles. The lowest BCUT2D eigenvalue weighted by Gasteiger charge is -2.14. The van der Waals surface area contributed by atoms with Gasteiger partial charge in [-0.25, -0.2) is 17.8 Å². The van der Waals surface area contributed by atoms with Crippen LogP contribution < -0.4 is 10.0 Å². The van der Waals surface area contributed by atoms with Crippen LogP contribution in [-0.2, 0) is 27.4 Å². The molecule has 0 aliphatic heterocycles. The number of aromatic nitrogens is 2. The topological polar surface area (TPSA) is 124 Å². The summed E-state index contributed by atoms with van der Waals surface area (Å²) in [6, 6.07) is 11.4. The van der Waals surface area contributed by atoms with E-state index in [-0.39, 0.29) is 17.4 Å². The number of hydrogen-bond acceptors (Lipinski definition) is 5. The molecule has 3 aromatic carbocycles. The van der Waals surface area contributed by atoms with Gasteiger partial charge in [-0.3, -0.25) is 19.6 Å². The molecule has 216 valence electrons. The van der Waals surface area contributed by atoms with Crippen LogP contribution >= 0.6 is 0 Å². The average molecular weight is 592 g/mol. The summed E-state index contributed by atoms with van der Waals surface area (Å²) in [7, 11) is -2.89. The minimum Gasteiger partial charge on any atom is -0.346 e. The van der Waals surface area contributed by atoms with Crippen LogP contribution in [0.1, 0.15) is 34.8 Å². The molecule has 0 atom stereocenters. The van der Waals surface area contributed by atoms with Crippen molar-refractivity contribution in [2.75, 3.05) is 23.6 Å². The first kappa shape index (κ1) is 29.5. The maximum absolute atomic E-state index is 14.4. The quantitative estimate of drug-likeness (QED) is 0.231. The molecule has 0 spiro atoms. The van der Waals surface area contributed by atoms with Gasteiger partial charge in [-0.15, -0.1) is 0 Å². The smallest absolute Gasteiger partial charge is 0.346 e.